The van der Waals surface area contributed by atoms with Gasteiger partial charge in [-0.05, 0) is 54.2 Å². The van der Waals surface area contributed by atoms with E-state index in [0.29, 0.717) is 16.6 Å². The number of aromatic nitrogens is 2. The first-order valence-electron chi connectivity index (χ1n) is 10.1. The summed E-state index contributed by atoms with van der Waals surface area (Å²) in [4.78, 5) is 24.8. The number of anilines is 1. The number of thioether (sulfide) groups is 1. The molecule has 0 unspecified atom stereocenters. The maximum atomic E-state index is 12.5. The molecule has 0 aliphatic heterocycles. The van der Waals surface area contributed by atoms with Crippen LogP contribution >= 0.6 is 11.8 Å². The van der Waals surface area contributed by atoms with E-state index < -0.39 is 0 Å². The summed E-state index contributed by atoms with van der Waals surface area (Å²) < 4.78 is 1.38. The number of carbonyl (C=O) groups excluding carboxylic acids is 1. The van der Waals surface area contributed by atoms with Crippen LogP contribution in [0.5, 0.6) is 0 Å². The summed E-state index contributed by atoms with van der Waals surface area (Å²) in [7, 11) is 0. The first-order valence-corrected chi connectivity index (χ1v) is 11.1. The molecule has 0 atom stereocenters. The molecule has 0 radical (unpaired) electrons. The van der Waals surface area contributed by atoms with Crippen LogP contribution in [0.15, 0.2) is 64.4 Å². The number of nitrogens with one attached hydrogen (secondary N) is 1. The topological polar surface area (TPSA) is 64.0 Å². The Hall–Kier alpha value is -2.86. The molecule has 0 aliphatic rings. The van der Waals surface area contributed by atoms with Crippen LogP contribution in [0.1, 0.15) is 43.4 Å². The Morgan fingerprint density at radius 2 is 1.83 bits per heavy atom. The molecule has 3 rings (SSSR count). The van der Waals surface area contributed by atoms with Gasteiger partial charge in [0.05, 0.1) is 11.4 Å². The van der Waals surface area contributed by atoms with Gasteiger partial charge in [0.25, 0.3) is 5.56 Å². The third-order valence-corrected chi connectivity index (χ3v) is 5.86. The highest BCUT2D eigenvalue weighted by molar-refractivity contribution is 7.99. The molecule has 156 valence electrons. The van der Waals surface area contributed by atoms with Gasteiger partial charge in [-0.3, -0.25) is 9.59 Å². The van der Waals surface area contributed by atoms with Crippen LogP contribution in [-0.4, -0.2) is 21.4 Å². The quantitative estimate of drug-likeness (QED) is 0.548. The molecule has 1 amide bonds. The SMILES string of the molecule is CCc1cccc(C)c1NC(=O)CSc1ccc(=O)n(-c2ccc(C(C)C)cc2)n1. The first kappa shape index (κ1) is 21.8. The standard InChI is InChI=1S/C24H27N3O2S/c1-5-18-8-6-7-17(4)24(18)25-21(28)15-30-22-13-14-23(29)27(26-22)20-11-9-19(10-12-20)16(2)3/h6-14,16H,5,15H2,1-4H3,(H,25,28). The van der Waals surface area contributed by atoms with Gasteiger partial charge in [-0.1, -0.05) is 62.9 Å². The Morgan fingerprint density at radius 1 is 1.10 bits per heavy atom. The van der Waals surface area contributed by atoms with Crippen LogP contribution in [0.2, 0.25) is 0 Å². The molecule has 1 heterocycles. The maximum Gasteiger partial charge on any atom is 0.271 e. The van der Waals surface area contributed by atoms with E-state index in [1.807, 2.05) is 49.4 Å². The first-order chi connectivity index (χ1) is 14.4. The zero-order chi connectivity index (χ0) is 21.7. The molecule has 0 aliphatic carbocycles. The molecule has 0 saturated heterocycles. The van der Waals surface area contributed by atoms with Gasteiger partial charge in [0.2, 0.25) is 5.91 Å². The van der Waals surface area contributed by atoms with Gasteiger partial charge in [0.15, 0.2) is 0 Å². The van der Waals surface area contributed by atoms with E-state index in [4.69, 9.17) is 0 Å². The molecular formula is C24H27N3O2S. The van der Waals surface area contributed by atoms with Gasteiger partial charge >= 0.3 is 0 Å². The minimum Gasteiger partial charge on any atom is -0.325 e. The number of hydrogen-bond donors (Lipinski definition) is 1. The summed E-state index contributed by atoms with van der Waals surface area (Å²) >= 11 is 1.31. The van der Waals surface area contributed by atoms with E-state index in [1.165, 1.54) is 28.1 Å². The fourth-order valence-electron chi connectivity index (χ4n) is 3.17. The van der Waals surface area contributed by atoms with Crippen molar-refractivity contribution in [1.29, 1.82) is 0 Å². The normalized spacial score (nSPS) is 11.0. The number of benzene rings is 2. The van der Waals surface area contributed by atoms with Crippen molar-refractivity contribution in [2.45, 2.75) is 45.1 Å². The second-order valence-corrected chi connectivity index (χ2v) is 8.46. The van der Waals surface area contributed by atoms with Crippen molar-refractivity contribution < 1.29 is 4.79 Å². The van der Waals surface area contributed by atoms with Crippen LogP contribution in [0, 0.1) is 6.92 Å². The molecular weight excluding hydrogens is 394 g/mol. The molecule has 1 aromatic heterocycles. The number of rotatable bonds is 7. The molecule has 1 N–H and O–H groups in total. The average Bonchev–Trinajstić information content (AvgIpc) is 2.74. The molecule has 0 saturated carbocycles. The smallest absolute Gasteiger partial charge is 0.271 e. The largest absolute Gasteiger partial charge is 0.325 e. The highest BCUT2D eigenvalue weighted by Crippen LogP contribution is 2.22. The third kappa shape index (κ3) is 5.19. The Bertz CT molecular complexity index is 1090. The lowest BCUT2D eigenvalue weighted by atomic mass is 10.0. The molecule has 6 heteroatoms. The predicted octanol–water partition coefficient (Wildman–Crippen LogP) is 4.96. The van der Waals surface area contributed by atoms with Gasteiger partial charge in [0.1, 0.15) is 5.03 Å². The monoisotopic (exact) mass is 421 g/mol. The number of nitrogens with zero attached hydrogens (tertiary/aromatic N) is 2. The number of para-hydroxylation sites is 1. The fraction of sp³-hybridized carbons (Fsp3) is 0.292. The average molecular weight is 422 g/mol. The maximum absolute atomic E-state index is 12.5. The fourth-order valence-corrected chi connectivity index (χ4v) is 3.83. The number of aryl methyl sites for hydroxylation is 2. The molecule has 30 heavy (non-hydrogen) atoms. The van der Waals surface area contributed by atoms with E-state index in [2.05, 4.69) is 31.2 Å². The Balaban J connectivity index is 1.71. The van der Waals surface area contributed by atoms with Gasteiger partial charge in [-0.2, -0.15) is 9.78 Å². The van der Waals surface area contributed by atoms with Crippen molar-refractivity contribution in [3.8, 4) is 5.69 Å². The van der Waals surface area contributed by atoms with Crippen molar-refractivity contribution in [2.75, 3.05) is 11.1 Å². The highest BCUT2D eigenvalue weighted by atomic mass is 32.2. The zero-order valence-corrected chi connectivity index (χ0v) is 18.6. The van der Waals surface area contributed by atoms with Crippen molar-refractivity contribution in [2.24, 2.45) is 0 Å². The lowest BCUT2D eigenvalue weighted by molar-refractivity contribution is -0.113. The molecule has 0 fully saturated rings. The van der Waals surface area contributed by atoms with Gasteiger partial charge < -0.3 is 5.32 Å². The summed E-state index contributed by atoms with van der Waals surface area (Å²) in [6, 6.07) is 17.0. The summed E-state index contributed by atoms with van der Waals surface area (Å²) in [6.07, 6.45) is 0.854. The van der Waals surface area contributed by atoms with Crippen molar-refractivity contribution >= 4 is 23.4 Å². The van der Waals surface area contributed by atoms with Crippen LogP contribution in [-0.2, 0) is 11.2 Å². The van der Waals surface area contributed by atoms with Crippen molar-refractivity contribution in [1.82, 2.24) is 9.78 Å². The Kier molecular flexibility index (Phi) is 7.11. The van der Waals surface area contributed by atoms with E-state index in [9.17, 15) is 9.59 Å². The summed E-state index contributed by atoms with van der Waals surface area (Å²) in [5.74, 6) is 0.546. The minimum atomic E-state index is -0.200. The summed E-state index contributed by atoms with van der Waals surface area (Å²) in [6.45, 7) is 8.31. The predicted molar refractivity (Wildman–Crippen MR) is 124 cm³/mol. The van der Waals surface area contributed by atoms with E-state index in [1.54, 1.807) is 6.07 Å². The van der Waals surface area contributed by atoms with Gasteiger partial charge in [-0.15, -0.1) is 0 Å². The summed E-state index contributed by atoms with van der Waals surface area (Å²) in [5, 5.41) is 8.08. The number of amides is 1. The number of hydrogen-bond acceptors (Lipinski definition) is 4. The van der Waals surface area contributed by atoms with Gasteiger partial charge in [0, 0.05) is 11.8 Å². The Morgan fingerprint density at radius 3 is 2.50 bits per heavy atom. The summed E-state index contributed by atoms with van der Waals surface area (Å²) in [5.41, 5.74) is 4.76. The lowest BCUT2D eigenvalue weighted by Crippen LogP contribution is -2.21. The van der Waals surface area contributed by atoms with Crippen LogP contribution in [0.25, 0.3) is 5.69 Å². The van der Waals surface area contributed by atoms with E-state index >= 15 is 0 Å². The van der Waals surface area contributed by atoms with E-state index in [-0.39, 0.29) is 17.2 Å². The van der Waals surface area contributed by atoms with Gasteiger partial charge in [-0.25, -0.2) is 0 Å². The molecule has 0 spiro atoms. The molecule has 2 aromatic carbocycles. The molecule has 5 nitrogen and oxygen atoms in total. The second kappa shape index (κ2) is 9.76. The minimum absolute atomic E-state index is 0.0927. The lowest BCUT2D eigenvalue weighted by Gasteiger charge is -2.13. The molecule has 0 bridgehead atoms. The molecule has 3 aromatic rings. The zero-order valence-electron chi connectivity index (χ0n) is 17.8. The number of carbonyl (C=O) groups is 1. The second-order valence-electron chi connectivity index (χ2n) is 7.47. The van der Waals surface area contributed by atoms with E-state index in [0.717, 1.165) is 23.2 Å². The Labute approximate surface area is 181 Å². The van der Waals surface area contributed by atoms with Crippen molar-refractivity contribution in [3.63, 3.8) is 0 Å². The highest BCUT2D eigenvalue weighted by Gasteiger charge is 2.11. The third-order valence-electron chi connectivity index (χ3n) is 4.94. The van der Waals surface area contributed by atoms with Crippen LogP contribution in [0.3, 0.4) is 0 Å². The van der Waals surface area contributed by atoms with Crippen LogP contribution in [0.4, 0.5) is 5.69 Å². The van der Waals surface area contributed by atoms with Crippen LogP contribution < -0.4 is 10.9 Å². The van der Waals surface area contributed by atoms with Crippen molar-refractivity contribution in [3.05, 3.63) is 81.6 Å².